The van der Waals surface area contributed by atoms with Crippen LogP contribution in [-0.4, -0.2) is 36.1 Å². The van der Waals surface area contributed by atoms with Crippen LogP contribution in [-0.2, 0) is 0 Å². The summed E-state index contributed by atoms with van der Waals surface area (Å²) in [6.45, 7) is 0. The number of thiophene rings is 1. The highest BCUT2D eigenvalue weighted by Gasteiger charge is 2.14. The summed E-state index contributed by atoms with van der Waals surface area (Å²) >= 11 is 1.59. The predicted octanol–water partition coefficient (Wildman–Crippen LogP) is 4.38. The number of methoxy groups -OCH3 is 2. The van der Waals surface area contributed by atoms with E-state index in [0.29, 0.717) is 17.1 Å². The van der Waals surface area contributed by atoms with E-state index >= 15 is 0 Å². The molecule has 0 saturated heterocycles. The number of carbonyl (C=O) groups excluding carboxylic acids is 1. The zero-order chi connectivity index (χ0) is 21.6. The second kappa shape index (κ2) is 9.27. The molecule has 0 spiro atoms. The van der Waals surface area contributed by atoms with Gasteiger partial charge in [0.1, 0.15) is 17.2 Å². The van der Waals surface area contributed by atoms with E-state index in [9.17, 15) is 4.79 Å². The summed E-state index contributed by atoms with van der Waals surface area (Å²) in [5, 5.41) is 10.9. The molecule has 4 rings (SSSR count). The lowest BCUT2D eigenvalue weighted by atomic mass is 10.2. The Morgan fingerprint density at radius 1 is 1.10 bits per heavy atom. The first-order chi connectivity index (χ1) is 15.2. The Morgan fingerprint density at radius 3 is 2.65 bits per heavy atom. The van der Waals surface area contributed by atoms with E-state index in [-0.39, 0.29) is 5.91 Å². The molecule has 0 aliphatic rings. The van der Waals surface area contributed by atoms with Gasteiger partial charge in [-0.3, -0.25) is 4.79 Å². The summed E-state index contributed by atoms with van der Waals surface area (Å²) < 4.78 is 12.3. The highest BCUT2D eigenvalue weighted by Crippen LogP contribution is 2.27. The molecule has 0 unspecified atom stereocenters. The number of hydrogen-bond acceptors (Lipinski definition) is 6. The molecular formula is C23H20N4O3S. The predicted molar refractivity (Wildman–Crippen MR) is 121 cm³/mol. The van der Waals surface area contributed by atoms with Crippen molar-refractivity contribution in [2.75, 3.05) is 14.2 Å². The van der Waals surface area contributed by atoms with Crippen LogP contribution in [0.5, 0.6) is 11.5 Å². The van der Waals surface area contributed by atoms with Crippen LogP contribution >= 0.6 is 11.3 Å². The zero-order valence-electron chi connectivity index (χ0n) is 17.0. The Balaban J connectivity index is 1.59. The normalized spacial score (nSPS) is 10.9. The minimum atomic E-state index is -0.385. The van der Waals surface area contributed by atoms with Gasteiger partial charge in [0.25, 0.3) is 5.91 Å². The molecule has 1 N–H and O–H groups in total. The maximum atomic E-state index is 12.6. The molecular weight excluding hydrogens is 412 g/mol. The van der Waals surface area contributed by atoms with E-state index in [2.05, 4.69) is 10.5 Å². The van der Waals surface area contributed by atoms with Gasteiger partial charge in [0.05, 0.1) is 36.6 Å². The molecule has 0 radical (unpaired) electrons. The van der Waals surface area contributed by atoms with Crippen LogP contribution in [0.3, 0.4) is 0 Å². The monoisotopic (exact) mass is 432 g/mol. The maximum absolute atomic E-state index is 12.6. The summed E-state index contributed by atoms with van der Waals surface area (Å²) in [4.78, 5) is 13.6. The lowest BCUT2D eigenvalue weighted by Gasteiger charge is -2.08. The van der Waals surface area contributed by atoms with Crippen LogP contribution in [0, 0.1) is 0 Å². The molecule has 156 valence electrons. The van der Waals surface area contributed by atoms with Crippen LogP contribution in [0.4, 0.5) is 0 Å². The van der Waals surface area contributed by atoms with Gasteiger partial charge in [0, 0.05) is 17.8 Å². The fraction of sp³-hybridized carbons (Fsp3) is 0.0870. The van der Waals surface area contributed by atoms with Gasteiger partial charge in [-0.15, -0.1) is 11.3 Å². The number of rotatable bonds is 7. The van der Waals surface area contributed by atoms with Crippen molar-refractivity contribution >= 4 is 23.5 Å². The Hall–Kier alpha value is -3.91. The number of aromatic nitrogens is 2. The third-order valence-corrected chi connectivity index (χ3v) is 5.42. The van der Waals surface area contributed by atoms with Gasteiger partial charge >= 0.3 is 0 Å². The van der Waals surface area contributed by atoms with E-state index in [0.717, 1.165) is 21.8 Å². The van der Waals surface area contributed by atoms with Crippen molar-refractivity contribution in [3.8, 4) is 27.8 Å². The van der Waals surface area contributed by atoms with E-state index in [1.807, 2.05) is 54.0 Å². The van der Waals surface area contributed by atoms with Crippen LogP contribution in [0.25, 0.3) is 16.3 Å². The lowest BCUT2D eigenvalue weighted by molar-refractivity contribution is 0.0952. The van der Waals surface area contributed by atoms with Gasteiger partial charge in [-0.05, 0) is 35.7 Å². The third kappa shape index (κ3) is 4.49. The quantitative estimate of drug-likeness (QED) is 0.347. The zero-order valence-corrected chi connectivity index (χ0v) is 17.8. The van der Waals surface area contributed by atoms with E-state index < -0.39 is 0 Å². The number of hydrogen-bond donors (Lipinski definition) is 1. The first-order valence-corrected chi connectivity index (χ1v) is 10.3. The van der Waals surface area contributed by atoms with Crippen LogP contribution in [0.2, 0.25) is 0 Å². The lowest BCUT2D eigenvalue weighted by Crippen LogP contribution is -2.18. The fourth-order valence-corrected chi connectivity index (χ4v) is 3.74. The number of amides is 1. The smallest absolute Gasteiger partial charge is 0.275 e. The van der Waals surface area contributed by atoms with Crippen molar-refractivity contribution in [3.63, 3.8) is 0 Å². The molecule has 0 aliphatic carbocycles. The van der Waals surface area contributed by atoms with Gasteiger partial charge in [0.2, 0.25) is 0 Å². The molecule has 0 fully saturated rings. The van der Waals surface area contributed by atoms with Crippen molar-refractivity contribution in [2.24, 2.45) is 5.10 Å². The van der Waals surface area contributed by atoms with Gasteiger partial charge in [-0.2, -0.15) is 10.2 Å². The standard InChI is InChI=1S/C23H20N4O3S/c1-29-18-10-11-19(20(13-18)30-2)23(28)25-24-14-16-15-27(17-7-4-3-5-8-17)26-22(16)21-9-6-12-31-21/h3-15H,1-2H3,(H,25,28). The molecule has 7 nitrogen and oxygen atoms in total. The Bertz CT molecular complexity index is 1200. The topological polar surface area (TPSA) is 77.7 Å². The van der Waals surface area contributed by atoms with Crippen molar-refractivity contribution < 1.29 is 14.3 Å². The van der Waals surface area contributed by atoms with E-state index in [1.54, 1.807) is 47.5 Å². The minimum absolute atomic E-state index is 0.360. The third-order valence-electron chi connectivity index (χ3n) is 4.54. The molecule has 2 aromatic carbocycles. The average molecular weight is 433 g/mol. The van der Waals surface area contributed by atoms with Crippen LogP contribution < -0.4 is 14.9 Å². The second-order valence-corrected chi connectivity index (χ2v) is 7.40. The molecule has 2 heterocycles. The number of nitrogens with zero attached hydrogens (tertiary/aromatic N) is 3. The summed E-state index contributed by atoms with van der Waals surface area (Å²) in [5.41, 5.74) is 5.43. The maximum Gasteiger partial charge on any atom is 0.275 e. The first-order valence-electron chi connectivity index (χ1n) is 9.44. The fourth-order valence-electron chi connectivity index (χ4n) is 3.01. The van der Waals surface area contributed by atoms with Gasteiger partial charge in [0.15, 0.2) is 0 Å². The first kappa shape index (κ1) is 20.4. The van der Waals surface area contributed by atoms with Crippen LogP contribution in [0.15, 0.2) is 77.3 Å². The molecule has 31 heavy (non-hydrogen) atoms. The van der Waals surface area contributed by atoms with Crippen molar-refractivity contribution in [2.45, 2.75) is 0 Å². The molecule has 0 saturated carbocycles. The van der Waals surface area contributed by atoms with Crippen molar-refractivity contribution in [3.05, 3.63) is 83.4 Å². The highest BCUT2D eigenvalue weighted by atomic mass is 32.1. The number of ether oxygens (including phenoxy) is 2. The molecule has 1 amide bonds. The van der Waals surface area contributed by atoms with Crippen molar-refractivity contribution in [1.29, 1.82) is 0 Å². The average Bonchev–Trinajstić information content (AvgIpc) is 3.49. The summed E-state index contributed by atoms with van der Waals surface area (Å²) in [7, 11) is 3.06. The number of hydrazone groups is 1. The van der Waals surface area contributed by atoms with Crippen LogP contribution in [0.1, 0.15) is 15.9 Å². The van der Waals surface area contributed by atoms with Gasteiger partial charge in [-0.1, -0.05) is 24.3 Å². The van der Waals surface area contributed by atoms with Gasteiger partial charge < -0.3 is 9.47 Å². The minimum Gasteiger partial charge on any atom is -0.497 e. The molecule has 0 bridgehead atoms. The number of benzene rings is 2. The highest BCUT2D eigenvalue weighted by molar-refractivity contribution is 7.13. The Labute approximate surface area is 183 Å². The summed E-state index contributed by atoms with van der Waals surface area (Å²) in [6.07, 6.45) is 3.48. The SMILES string of the molecule is COc1ccc(C(=O)NN=Cc2cn(-c3ccccc3)nc2-c2cccs2)c(OC)c1. The number of nitrogens with one attached hydrogen (secondary N) is 1. The van der Waals surface area contributed by atoms with E-state index in [4.69, 9.17) is 14.6 Å². The second-order valence-electron chi connectivity index (χ2n) is 6.46. The molecule has 0 atom stereocenters. The largest absolute Gasteiger partial charge is 0.497 e. The Morgan fingerprint density at radius 2 is 1.94 bits per heavy atom. The van der Waals surface area contributed by atoms with Gasteiger partial charge in [-0.25, -0.2) is 10.1 Å². The molecule has 2 aromatic heterocycles. The summed E-state index contributed by atoms with van der Waals surface area (Å²) in [6, 6.07) is 18.8. The van der Waals surface area contributed by atoms with E-state index in [1.165, 1.54) is 7.11 Å². The van der Waals surface area contributed by atoms with Crippen molar-refractivity contribution in [1.82, 2.24) is 15.2 Å². The number of carbonyl (C=O) groups is 1. The Kier molecular flexibility index (Phi) is 6.09. The summed E-state index contributed by atoms with van der Waals surface area (Å²) in [5.74, 6) is 0.623. The molecule has 8 heteroatoms. The number of para-hydroxylation sites is 1. The molecule has 4 aromatic rings. The molecule has 0 aliphatic heterocycles.